The van der Waals surface area contributed by atoms with Gasteiger partial charge in [-0.1, -0.05) is 18.2 Å². The highest BCUT2D eigenvalue weighted by atomic mass is 19.1. The number of rotatable bonds is 5. The van der Waals surface area contributed by atoms with Crippen LogP contribution in [0, 0.1) is 11.7 Å². The molecule has 1 heterocycles. The van der Waals surface area contributed by atoms with Crippen molar-refractivity contribution in [3.05, 3.63) is 65.5 Å². The van der Waals surface area contributed by atoms with Gasteiger partial charge in [0.2, 0.25) is 0 Å². The van der Waals surface area contributed by atoms with Gasteiger partial charge in [0.05, 0.1) is 0 Å². The highest BCUT2D eigenvalue weighted by Crippen LogP contribution is 2.54. The number of carbonyl (C=O) groups excluding carboxylic acids is 2. The molecule has 1 fully saturated rings. The number of hydrogen-bond acceptors (Lipinski definition) is 4. The average molecular weight is 396 g/mol. The number of halogens is 1. The molecule has 1 saturated carbocycles. The number of carboxylic acid groups (broad SMARTS) is 1. The molecule has 0 bridgehead atoms. The first kappa shape index (κ1) is 19.3. The van der Waals surface area contributed by atoms with E-state index in [0.29, 0.717) is 35.9 Å². The molecule has 150 valence electrons. The van der Waals surface area contributed by atoms with Gasteiger partial charge < -0.3 is 20.5 Å². The number of fused-ring (bicyclic) bond motifs is 2. The minimum atomic E-state index is -1.74. The quantitative estimate of drug-likeness (QED) is 0.757. The van der Waals surface area contributed by atoms with Crippen LogP contribution in [0.2, 0.25) is 0 Å². The molecule has 3 N–H and O–H groups in total. The Morgan fingerprint density at radius 2 is 1.86 bits per heavy atom. The number of amides is 1. The lowest BCUT2D eigenvalue weighted by atomic mass is 9.58. The number of hydrogen-bond donors (Lipinski definition) is 2. The second-order valence-electron chi connectivity index (χ2n) is 7.74. The summed E-state index contributed by atoms with van der Waals surface area (Å²) >= 11 is 0. The number of nitrogens with zero attached hydrogens (tertiary/aromatic N) is 1. The molecule has 0 aromatic heterocycles. The van der Waals surface area contributed by atoms with E-state index in [-0.39, 0.29) is 24.3 Å². The predicted octanol–water partition coefficient (Wildman–Crippen LogP) is 2.72. The molecule has 0 spiro atoms. The zero-order chi connectivity index (χ0) is 20.8. The van der Waals surface area contributed by atoms with Crippen molar-refractivity contribution in [3.8, 4) is 0 Å². The van der Waals surface area contributed by atoms with Crippen LogP contribution in [0.25, 0.3) is 0 Å². The number of benzene rings is 2. The van der Waals surface area contributed by atoms with Gasteiger partial charge in [0.25, 0.3) is 5.91 Å². The van der Waals surface area contributed by atoms with Gasteiger partial charge in [0.1, 0.15) is 17.6 Å². The monoisotopic (exact) mass is 396 g/mol. The van der Waals surface area contributed by atoms with Crippen LogP contribution in [0.1, 0.15) is 41.1 Å². The zero-order valence-corrected chi connectivity index (χ0v) is 15.6. The van der Waals surface area contributed by atoms with E-state index in [1.54, 1.807) is 29.2 Å². The van der Waals surface area contributed by atoms with E-state index in [1.165, 1.54) is 24.3 Å². The van der Waals surface area contributed by atoms with Crippen molar-refractivity contribution >= 4 is 23.9 Å². The van der Waals surface area contributed by atoms with Gasteiger partial charge in [0, 0.05) is 29.6 Å². The van der Waals surface area contributed by atoms with Crippen LogP contribution in [0.4, 0.5) is 10.1 Å². The van der Waals surface area contributed by atoms with Crippen molar-refractivity contribution in [3.63, 3.8) is 0 Å². The Morgan fingerprint density at radius 3 is 2.45 bits per heavy atom. The molecule has 4 atom stereocenters. The minimum absolute atomic E-state index is 0.171. The second kappa shape index (κ2) is 7.08. The summed E-state index contributed by atoms with van der Waals surface area (Å²) in [4.78, 5) is 38.3. The summed E-state index contributed by atoms with van der Waals surface area (Å²) < 4.78 is 13.3. The molecule has 4 rings (SSSR count). The molecule has 29 heavy (non-hydrogen) atoms. The molecule has 0 saturated heterocycles. The van der Waals surface area contributed by atoms with E-state index in [4.69, 9.17) is 5.73 Å². The summed E-state index contributed by atoms with van der Waals surface area (Å²) in [5.74, 6) is -2.68. The van der Waals surface area contributed by atoms with Crippen LogP contribution in [0.3, 0.4) is 0 Å². The fourth-order valence-electron chi connectivity index (χ4n) is 4.73. The van der Waals surface area contributed by atoms with E-state index in [9.17, 15) is 23.9 Å². The lowest BCUT2D eigenvalue weighted by Gasteiger charge is -2.55. The SMILES string of the molecule is NC(CC=O)(C(=O)O)C1c2ccccc2N(C(=O)c2ccc(F)cc2)[C@@H]2CC[C@H]12. The second-order valence-corrected chi connectivity index (χ2v) is 7.74. The Labute approximate surface area is 167 Å². The van der Waals surface area contributed by atoms with Gasteiger partial charge in [-0.2, -0.15) is 0 Å². The van der Waals surface area contributed by atoms with Crippen molar-refractivity contribution in [2.45, 2.75) is 36.8 Å². The largest absolute Gasteiger partial charge is 0.480 e. The van der Waals surface area contributed by atoms with E-state index in [0.717, 1.165) is 0 Å². The third-order valence-corrected chi connectivity index (χ3v) is 6.27. The van der Waals surface area contributed by atoms with Gasteiger partial charge in [-0.3, -0.25) is 9.59 Å². The zero-order valence-electron chi connectivity index (χ0n) is 15.6. The Morgan fingerprint density at radius 1 is 1.17 bits per heavy atom. The number of aliphatic carboxylic acids is 1. The molecule has 7 heteroatoms. The number of aldehydes is 1. The summed E-state index contributed by atoms with van der Waals surface area (Å²) in [7, 11) is 0. The molecule has 1 amide bonds. The maximum absolute atomic E-state index is 13.3. The predicted molar refractivity (Wildman–Crippen MR) is 104 cm³/mol. The minimum Gasteiger partial charge on any atom is -0.480 e. The third-order valence-electron chi connectivity index (χ3n) is 6.27. The first-order chi connectivity index (χ1) is 13.9. The van der Waals surface area contributed by atoms with Crippen LogP contribution < -0.4 is 10.6 Å². The van der Waals surface area contributed by atoms with Crippen molar-refractivity contribution in [2.24, 2.45) is 11.7 Å². The van der Waals surface area contributed by atoms with Crippen molar-refractivity contribution in [2.75, 3.05) is 4.90 Å². The summed E-state index contributed by atoms with van der Waals surface area (Å²) in [5.41, 5.74) is 6.16. The molecule has 0 radical (unpaired) electrons. The smallest absolute Gasteiger partial charge is 0.324 e. The molecule has 1 aliphatic carbocycles. The molecular formula is C22H21FN2O4. The number of carboxylic acids is 1. The number of nitrogens with two attached hydrogens (primary N) is 1. The number of para-hydroxylation sites is 1. The lowest BCUT2D eigenvalue weighted by Crippen LogP contribution is -2.64. The van der Waals surface area contributed by atoms with Crippen LogP contribution >= 0.6 is 0 Å². The van der Waals surface area contributed by atoms with Crippen molar-refractivity contribution in [1.82, 2.24) is 0 Å². The number of anilines is 1. The van der Waals surface area contributed by atoms with Crippen LogP contribution in [-0.4, -0.2) is 34.8 Å². The van der Waals surface area contributed by atoms with Gasteiger partial charge in [0.15, 0.2) is 0 Å². The van der Waals surface area contributed by atoms with Crippen LogP contribution in [0.5, 0.6) is 0 Å². The maximum Gasteiger partial charge on any atom is 0.324 e. The van der Waals surface area contributed by atoms with E-state index in [2.05, 4.69) is 0 Å². The van der Waals surface area contributed by atoms with Crippen LogP contribution in [-0.2, 0) is 9.59 Å². The Balaban J connectivity index is 1.83. The molecule has 2 aromatic carbocycles. The highest BCUT2D eigenvalue weighted by molar-refractivity contribution is 6.07. The summed E-state index contributed by atoms with van der Waals surface area (Å²) in [6.45, 7) is 0. The summed E-state index contributed by atoms with van der Waals surface area (Å²) in [5, 5.41) is 9.85. The van der Waals surface area contributed by atoms with E-state index < -0.39 is 23.2 Å². The first-order valence-corrected chi connectivity index (χ1v) is 9.52. The molecule has 1 aliphatic heterocycles. The van der Waals surface area contributed by atoms with Gasteiger partial charge in [-0.25, -0.2) is 4.39 Å². The maximum atomic E-state index is 13.3. The Kier molecular flexibility index (Phi) is 4.70. The number of carbonyl (C=O) groups is 3. The van der Waals surface area contributed by atoms with E-state index >= 15 is 0 Å². The standard InChI is InChI=1S/C22H21FN2O4/c23-14-7-5-13(6-8-14)20(27)25-17-4-2-1-3-15(17)19(16-9-10-18(16)25)22(24,11-12-26)21(28)29/h1-8,12,16,18-19H,9-11,24H2,(H,28,29)/t16-,18+,19?,22?/m0/s1. The summed E-state index contributed by atoms with van der Waals surface area (Å²) in [6.07, 6.45) is 1.65. The van der Waals surface area contributed by atoms with Crippen molar-refractivity contribution < 1.29 is 23.9 Å². The topological polar surface area (TPSA) is 101 Å². The first-order valence-electron chi connectivity index (χ1n) is 9.52. The average Bonchev–Trinajstić information content (AvgIpc) is 2.68. The third kappa shape index (κ3) is 2.93. The van der Waals surface area contributed by atoms with Crippen LogP contribution in [0.15, 0.2) is 48.5 Å². The fraction of sp³-hybridized carbons (Fsp3) is 0.318. The van der Waals surface area contributed by atoms with Gasteiger partial charge >= 0.3 is 5.97 Å². The van der Waals surface area contributed by atoms with Crippen molar-refractivity contribution in [1.29, 1.82) is 0 Å². The van der Waals surface area contributed by atoms with E-state index in [1.807, 2.05) is 0 Å². The Hall–Kier alpha value is -3.06. The van der Waals surface area contributed by atoms with Gasteiger partial charge in [-0.15, -0.1) is 0 Å². The fourth-order valence-corrected chi connectivity index (χ4v) is 4.73. The molecule has 6 nitrogen and oxygen atoms in total. The molecular weight excluding hydrogens is 375 g/mol. The lowest BCUT2D eigenvalue weighted by molar-refractivity contribution is -0.147. The normalized spacial score (nSPS) is 24.5. The Bertz CT molecular complexity index is 977. The summed E-state index contributed by atoms with van der Waals surface area (Å²) in [6, 6.07) is 12.2. The van der Waals surface area contributed by atoms with Gasteiger partial charge in [-0.05, 0) is 54.7 Å². The molecule has 2 unspecified atom stereocenters. The highest BCUT2D eigenvalue weighted by Gasteiger charge is 2.57. The molecule has 2 aliphatic rings. The molecule has 2 aromatic rings.